The maximum absolute atomic E-state index is 10.8. The number of hydrogen-bond donors (Lipinski definition) is 1. The van der Waals surface area contributed by atoms with Gasteiger partial charge in [0, 0.05) is 11.8 Å². The van der Waals surface area contributed by atoms with Crippen LogP contribution in [0.4, 0.5) is 0 Å². The average Bonchev–Trinajstić information content (AvgIpc) is 2.48. The third kappa shape index (κ3) is 4.25. The van der Waals surface area contributed by atoms with Gasteiger partial charge in [-0.1, -0.05) is 52.8 Å². The van der Waals surface area contributed by atoms with E-state index >= 15 is 0 Å². The highest BCUT2D eigenvalue weighted by atomic mass is 28.3. The van der Waals surface area contributed by atoms with E-state index in [2.05, 4.69) is 57.2 Å². The summed E-state index contributed by atoms with van der Waals surface area (Å²) < 4.78 is 0. The van der Waals surface area contributed by atoms with Crippen molar-refractivity contribution in [1.29, 1.82) is 0 Å². The lowest BCUT2D eigenvalue weighted by molar-refractivity contribution is -0.0123. The van der Waals surface area contributed by atoms with Crippen LogP contribution < -0.4 is 0 Å². The molecule has 1 aromatic rings. The second kappa shape index (κ2) is 6.41. The fourth-order valence-electron chi connectivity index (χ4n) is 2.68. The van der Waals surface area contributed by atoms with Crippen LogP contribution in [-0.4, -0.2) is 18.2 Å². The van der Waals surface area contributed by atoms with E-state index in [4.69, 9.17) is 0 Å². The molecule has 1 N–H and O–H groups in total. The minimum absolute atomic E-state index is 0.258. The van der Waals surface area contributed by atoms with E-state index in [0.717, 1.165) is 42.9 Å². The third-order valence-corrected chi connectivity index (χ3v) is 10.3. The predicted molar refractivity (Wildman–Crippen MR) is 99.8 cm³/mol. The van der Waals surface area contributed by atoms with Gasteiger partial charge in [0.25, 0.3) is 0 Å². The molecule has 0 radical (unpaired) electrons. The van der Waals surface area contributed by atoms with Crippen molar-refractivity contribution < 1.29 is 5.11 Å². The Morgan fingerprint density at radius 3 is 2.30 bits per heavy atom. The highest BCUT2D eigenvalue weighted by Crippen LogP contribution is 2.39. The van der Waals surface area contributed by atoms with E-state index in [-0.39, 0.29) is 5.04 Å². The van der Waals surface area contributed by atoms with Gasteiger partial charge in [0.1, 0.15) is 13.8 Å². The molecule has 3 heteroatoms. The summed E-state index contributed by atoms with van der Waals surface area (Å²) in [7, 11) is -1.61. The van der Waals surface area contributed by atoms with Crippen LogP contribution in [-0.2, 0) is 5.60 Å². The van der Waals surface area contributed by atoms with E-state index in [1.54, 1.807) is 0 Å². The summed E-state index contributed by atoms with van der Waals surface area (Å²) in [6.07, 6.45) is 5.67. The molecule has 0 unspecified atom stereocenters. The summed E-state index contributed by atoms with van der Waals surface area (Å²) in [5, 5.41) is 11.1. The topological polar surface area (TPSA) is 33.1 Å². The molecule has 0 spiro atoms. The molecule has 0 atom stereocenters. The number of aromatic nitrogens is 1. The zero-order valence-electron chi connectivity index (χ0n) is 15.5. The molecule has 1 aliphatic rings. The Bertz CT molecular complexity index is 593. The lowest BCUT2D eigenvalue weighted by Crippen LogP contribution is -2.35. The summed E-state index contributed by atoms with van der Waals surface area (Å²) in [4.78, 5) is 4.49. The first-order valence-electron chi connectivity index (χ1n) is 8.76. The predicted octanol–water partition coefficient (Wildman–Crippen LogP) is 4.88. The van der Waals surface area contributed by atoms with E-state index in [9.17, 15) is 5.11 Å². The van der Waals surface area contributed by atoms with Crippen LogP contribution in [0, 0.1) is 17.4 Å². The molecule has 1 fully saturated rings. The maximum Gasteiger partial charge on any atom is 0.138 e. The molecule has 23 heavy (non-hydrogen) atoms. The Kier molecular flexibility index (Phi) is 5.08. The molecule has 0 amide bonds. The molecule has 126 valence electrons. The molecule has 1 aromatic heterocycles. The molecule has 1 aliphatic carbocycles. The Morgan fingerprint density at radius 1 is 1.22 bits per heavy atom. The zero-order valence-corrected chi connectivity index (χ0v) is 16.5. The molecule has 0 saturated heterocycles. The number of hydrogen-bond acceptors (Lipinski definition) is 2. The van der Waals surface area contributed by atoms with Crippen molar-refractivity contribution in [1.82, 2.24) is 4.98 Å². The van der Waals surface area contributed by atoms with Crippen LogP contribution in [0.15, 0.2) is 18.3 Å². The van der Waals surface area contributed by atoms with E-state index in [1.165, 1.54) is 0 Å². The lowest BCUT2D eigenvalue weighted by atomic mass is 9.76. The van der Waals surface area contributed by atoms with Gasteiger partial charge in [-0.05, 0) is 42.7 Å². The van der Waals surface area contributed by atoms with Crippen molar-refractivity contribution in [3.05, 3.63) is 29.6 Å². The summed E-state index contributed by atoms with van der Waals surface area (Å²) in [5.41, 5.74) is 4.56. The average molecular weight is 330 g/mol. The molecule has 1 saturated carbocycles. The van der Waals surface area contributed by atoms with Gasteiger partial charge in [0.15, 0.2) is 0 Å². The third-order valence-electron chi connectivity index (χ3n) is 5.78. The van der Waals surface area contributed by atoms with Crippen LogP contribution in [0.25, 0.3) is 0 Å². The van der Waals surface area contributed by atoms with Crippen molar-refractivity contribution in [3.8, 4) is 11.5 Å². The second-order valence-electron chi connectivity index (χ2n) is 8.77. The van der Waals surface area contributed by atoms with Gasteiger partial charge in [-0.15, -0.1) is 5.54 Å². The quantitative estimate of drug-likeness (QED) is 0.588. The molecule has 0 aromatic carbocycles. The van der Waals surface area contributed by atoms with Crippen molar-refractivity contribution >= 4 is 8.07 Å². The van der Waals surface area contributed by atoms with Gasteiger partial charge in [0.2, 0.25) is 0 Å². The Hall–Kier alpha value is -1.11. The van der Waals surface area contributed by atoms with Crippen LogP contribution >= 0.6 is 0 Å². The van der Waals surface area contributed by atoms with Crippen molar-refractivity contribution in [2.75, 3.05) is 0 Å². The van der Waals surface area contributed by atoms with Crippen molar-refractivity contribution in [2.24, 2.45) is 5.92 Å². The molecular formula is C20H31NOSi. The smallest absolute Gasteiger partial charge is 0.138 e. The maximum atomic E-state index is 10.8. The standard InChI is InChI=1S/C20H31NOSi/c1-16-9-12-20(22,13-10-16)17-7-8-18(21-15-17)11-14-23(5,6)19(2,3)4/h7-8,15-16,22H,9-10,12-13H2,1-6H3/t16-,20-. The number of pyridine rings is 1. The van der Waals surface area contributed by atoms with Gasteiger partial charge in [-0.2, -0.15) is 0 Å². The van der Waals surface area contributed by atoms with Crippen LogP contribution in [0.3, 0.4) is 0 Å². The van der Waals surface area contributed by atoms with E-state index in [0.29, 0.717) is 0 Å². The monoisotopic (exact) mass is 329 g/mol. The highest BCUT2D eigenvalue weighted by molar-refractivity contribution is 6.87. The summed E-state index contributed by atoms with van der Waals surface area (Å²) >= 11 is 0. The first-order chi connectivity index (χ1) is 10.5. The van der Waals surface area contributed by atoms with Gasteiger partial charge in [0.05, 0.1) is 5.60 Å². The van der Waals surface area contributed by atoms with Gasteiger partial charge < -0.3 is 5.11 Å². The van der Waals surface area contributed by atoms with Gasteiger partial charge >= 0.3 is 0 Å². The first kappa shape index (κ1) is 18.2. The largest absolute Gasteiger partial charge is 0.385 e. The van der Waals surface area contributed by atoms with Crippen LogP contribution in [0.1, 0.15) is 64.6 Å². The van der Waals surface area contributed by atoms with Gasteiger partial charge in [-0.3, -0.25) is 0 Å². The summed E-state index contributed by atoms with van der Waals surface area (Å²) in [6, 6.07) is 3.98. The minimum atomic E-state index is -1.61. The molecule has 1 heterocycles. The summed E-state index contributed by atoms with van der Waals surface area (Å²) in [6.45, 7) is 13.7. The fourth-order valence-corrected chi connectivity index (χ4v) is 3.49. The lowest BCUT2D eigenvalue weighted by Gasteiger charge is -2.35. The SMILES string of the molecule is CC(C)(C)[Si](C)(C)C#Cc1ccc([C@]2(O)CC[C@H](C)CC2)cn1. The minimum Gasteiger partial charge on any atom is -0.385 e. The Morgan fingerprint density at radius 2 is 1.83 bits per heavy atom. The molecule has 0 bridgehead atoms. The Balaban J connectivity index is 2.15. The Labute approximate surface area is 142 Å². The van der Waals surface area contributed by atoms with Crippen LogP contribution in [0.5, 0.6) is 0 Å². The number of aliphatic hydroxyl groups is 1. The molecular weight excluding hydrogens is 298 g/mol. The summed E-state index contributed by atoms with van der Waals surface area (Å²) in [5.74, 6) is 3.98. The zero-order chi connectivity index (χ0) is 17.3. The second-order valence-corrected chi connectivity index (χ2v) is 13.8. The van der Waals surface area contributed by atoms with Gasteiger partial charge in [-0.25, -0.2) is 4.98 Å². The van der Waals surface area contributed by atoms with E-state index < -0.39 is 13.7 Å². The number of nitrogens with zero attached hydrogens (tertiary/aromatic N) is 1. The normalized spacial score (nSPS) is 25.6. The van der Waals surface area contributed by atoms with E-state index in [1.807, 2.05) is 18.3 Å². The van der Waals surface area contributed by atoms with Crippen molar-refractivity contribution in [2.45, 2.75) is 77.1 Å². The van der Waals surface area contributed by atoms with Crippen LogP contribution in [0.2, 0.25) is 18.1 Å². The molecule has 2 rings (SSSR count). The highest BCUT2D eigenvalue weighted by Gasteiger charge is 2.34. The molecule has 2 nitrogen and oxygen atoms in total. The number of rotatable bonds is 1. The van der Waals surface area contributed by atoms with Crippen molar-refractivity contribution in [3.63, 3.8) is 0 Å². The molecule has 0 aliphatic heterocycles. The first-order valence-corrected chi connectivity index (χ1v) is 11.8. The fraction of sp³-hybridized carbons (Fsp3) is 0.650.